The molecule has 1 N–H and O–H groups in total. The van der Waals surface area contributed by atoms with Crippen molar-refractivity contribution < 1.29 is 13.2 Å². The average Bonchev–Trinajstić information content (AvgIpc) is 3.21. The predicted octanol–water partition coefficient (Wildman–Crippen LogP) is 3.06. The number of hydrogen-bond acceptors (Lipinski definition) is 5. The zero-order valence-electron chi connectivity index (χ0n) is 16.9. The van der Waals surface area contributed by atoms with Crippen molar-refractivity contribution in [3.05, 3.63) is 60.2 Å². The largest absolute Gasteiger partial charge is 0.349 e. The Morgan fingerprint density at radius 2 is 1.90 bits per heavy atom. The van der Waals surface area contributed by atoms with Crippen molar-refractivity contribution in [3.8, 4) is 0 Å². The van der Waals surface area contributed by atoms with E-state index >= 15 is 0 Å². The zero-order valence-corrected chi connectivity index (χ0v) is 18.5. The summed E-state index contributed by atoms with van der Waals surface area (Å²) in [5, 5.41) is 3.71. The minimum Gasteiger partial charge on any atom is -0.349 e. The van der Waals surface area contributed by atoms with E-state index < -0.39 is 15.4 Å². The van der Waals surface area contributed by atoms with E-state index in [4.69, 9.17) is 4.98 Å². The first-order valence-electron chi connectivity index (χ1n) is 9.97. The van der Waals surface area contributed by atoms with Crippen LogP contribution < -0.4 is 5.32 Å². The second-order valence-electron chi connectivity index (χ2n) is 8.01. The fraction of sp³-hybridized carbons (Fsp3) is 0.364. The van der Waals surface area contributed by atoms with Crippen molar-refractivity contribution in [1.82, 2.24) is 14.9 Å². The number of imidazole rings is 1. The molecule has 0 radical (unpaired) electrons. The fourth-order valence-electron chi connectivity index (χ4n) is 3.88. The molecule has 2 aromatic carbocycles. The van der Waals surface area contributed by atoms with Gasteiger partial charge in [-0.15, -0.1) is 0 Å². The molecule has 4 rings (SSSR count). The third-order valence-electron chi connectivity index (χ3n) is 5.36. The molecule has 0 bridgehead atoms. The standard InChI is InChI=1S/C22H25N3O3S2/c1-22(12-14-30(27,28)16-22)24-20(26)15-29-21-23-18-9-5-6-10-19(18)25(21)13-11-17-7-3-2-4-8-17/h2-10H,11-16H2,1H3,(H,24,26). The van der Waals surface area contributed by atoms with Crippen LogP contribution in [0.25, 0.3) is 11.0 Å². The van der Waals surface area contributed by atoms with Gasteiger partial charge < -0.3 is 9.88 Å². The molecule has 1 atom stereocenters. The summed E-state index contributed by atoms with van der Waals surface area (Å²) in [7, 11) is -3.06. The fourth-order valence-corrected chi connectivity index (χ4v) is 6.81. The lowest BCUT2D eigenvalue weighted by molar-refractivity contribution is -0.120. The van der Waals surface area contributed by atoms with Gasteiger partial charge in [0, 0.05) is 6.54 Å². The van der Waals surface area contributed by atoms with Gasteiger partial charge in [-0.05, 0) is 37.5 Å². The maximum Gasteiger partial charge on any atom is 0.230 e. The lowest BCUT2D eigenvalue weighted by Crippen LogP contribution is -2.47. The maximum atomic E-state index is 12.5. The second-order valence-corrected chi connectivity index (χ2v) is 11.1. The molecule has 0 aliphatic carbocycles. The van der Waals surface area contributed by atoms with Gasteiger partial charge in [0.05, 0.1) is 33.8 Å². The lowest BCUT2D eigenvalue weighted by Gasteiger charge is -2.23. The summed E-state index contributed by atoms with van der Waals surface area (Å²) in [4.78, 5) is 17.2. The molecular weight excluding hydrogens is 418 g/mol. The highest BCUT2D eigenvalue weighted by Gasteiger charge is 2.39. The first-order chi connectivity index (χ1) is 14.3. The average molecular weight is 444 g/mol. The van der Waals surface area contributed by atoms with E-state index in [9.17, 15) is 13.2 Å². The highest BCUT2D eigenvalue weighted by molar-refractivity contribution is 7.99. The summed E-state index contributed by atoms with van der Waals surface area (Å²) < 4.78 is 25.7. The number of nitrogens with one attached hydrogen (secondary N) is 1. The molecule has 1 saturated heterocycles. The SMILES string of the molecule is CC1(NC(=O)CSc2nc3ccccc3n2CCc2ccccc2)CCS(=O)(=O)C1. The number of carbonyl (C=O) groups excluding carboxylic acids is 1. The number of benzene rings is 2. The van der Waals surface area contributed by atoms with Gasteiger partial charge in [0.2, 0.25) is 5.91 Å². The van der Waals surface area contributed by atoms with Gasteiger partial charge in [-0.2, -0.15) is 0 Å². The van der Waals surface area contributed by atoms with Gasteiger partial charge in [-0.3, -0.25) is 4.79 Å². The quantitative estimate of drug-likeness (QED) is 0.568. The van der Waals surface area contributed by atoms with Gasteiger partial charge in [0.15, 0.2) is 15.0 Å². The summed E-state index contributed by atoms with van der Waals surface area (Å²) in [5.41, 5.74) is 2.52. The Kier molecular flexibility index (Phi) is 5.88. The lowest BCUT2D eigenvalue weighted by atomic mass is 10.0. The minimum atomic E-state index is -3.06. The van der Waals surface area contributed by atoms with Crippen LogP contribution in [0.4, 0.5) is 0 Å². The van der Waals surface area contributed by atoms with Gasteiger partial charge in [0.25, 0.3) is 0 Å². The number of para-hydroxylation sites is 2. The Bertz CT molecular complexity index is 1160. The molecule has 1 aliphatic rings. The number of rotatable bonds is 7. The molecule has 1 amide bonds. The zero-order chi connectivity index (χ0) is 21.2. The smallest absolute Gasteiger partial charge is 0.230 e. The third-order valence-corrected chi connectivity index (χ3v) is 8.24. The molecule has 6 nitrogen and oxygen atoms in total. The predicted molar refractivity (Wildman–Crippen MR) is 120 cm³/mol. The number of fused-ring (bicyclic) bond motifs is 1. The van der Waals surface area contributed by atoms with Gasteiger partial charge in [-0.1, -0.05) is 54.2 Å². The van der Waals surface area contributed by atoms with Gasteiger partial charge in [-0.25, -0.2) is 13.4 Å². The normalized spacial score (nSPS) is 20.4. The van der Waals surface area contributed by atoms with E-state index in [1.807, 2.05) is 42.5 Å². The van der Waals surface area contributed by atoms with Gasteiger partial charge >= 0.3 is 0 Å². The second kappa shape index (κ2) is 8.43. The molecule has 158 valence electrons. The van der Waals surface area contributed by atoms with Crippen LogP contribution in [0, 0.1) is 0 Å². The van der Waals surface area contributed by atoms with Crippen molar-refractivity contribution >= 4 is 38.5 Å². The molecule has 2 heterocycles. The van der Waals surface area contributed by atoms with E-state index in [2.05, 4.69) is 22.0 Å². The van der Waals surface area contributed by atoms with Crippen LogP contribution in [0.5, 0.6) is 0 Å². The van der Waals surface area contributed by atoms with Crippen LogP contribution in [-0.2, 0) is 27.6 Å². The topological polar surface area (TPSA) is 81.1 Å². The van der Waals surface area contributed by atoms with Crippen LogP contribution >= 0.6 is 11.8 Å². The number of aromatic nitrogens is 2. The third kappa shape index (κ3) is 4.87. The number of nitrogens with zero attached hydrogens (tertiary/aromatic N) is 2. The number of carbonyl (C=O) groups is 1. The first-order valence-corrected chi connectivity index (χ1v) is 12.8. The molecule has 30 heavy (non-hydrogen) atoms. The monoisotopic (exact) mass is 443 g/mol. The summed E-state index contributed by atoms with van der Waals surface area (Å²) in [6.07, 6.45) is 1.33. The number of aryl methyl sites for hydroxylation is 2. The summed E-state index contributed by atoms with van der Waals surface area (Å²) in [5.74, 6) is 0.170. The van der Waals surface area contributed by atoms with Crippen LogP contribution in [0.3, 0.4) is 0 Å². The van der Waals surface area contributed by atoms with Crippen molar-refractivity contribution in [2.24, 2.45) is 0 Å². The van der Waals surface area contributed by atoms with E-state index in [0.717, 1.165) is 29.2 Å². The van der Waals surface area contributed by atoms with Crippen molar-refractivity contribution in [2.45, 2.75) is 37.0 Å². The Morgan fingerprint density at radius 1 is 1.17 bits per heavy atom. The van der Waals surface area contributed by atoms with Crippen LogP contribution in [0.2, 0.25) is 0 Å². The van der Waals surface area contributed by atoms with Crippen LogP contribution in [0.15, 0.2) is 59.8 Å². The van der Waals surface area contributed by atoms with E-state index in [-0.39, 0.29) is 23.2 Å². The summed E-state index contributed by atoms with van der Waals surface area (Å²) >= 11 is 1.39. The maximum absolute atomic E-state index is 12.5. The minimum absolute atomic E-state index is 0.00595. The number of amides is 1. The van der Waals surface area contributed by atoms with Crippen LogP contribution in [-0.4, -0.2) is 46.7 Å². The molecule has 0 spiro atoms. The Labute approximate surface area is 181 Å². The molecular formula is C22H25N3O3S2. The number of thioether (sulfide) groups is 1. The van der Waals surface area contributed by atoms with Crippen LogP contribution in [0.1, 0.15) is 18.9 Å². The Hall–Kier alpha value is -2.32. The van der Waals surface area contributed by atoms with Crippen molar-refractivity contribution in [1.29, 1.82) is 0 Å². The molecule has 3 aromatic rings. The highest BCUT2D eigenvalue weighted by Crippen LogP contribution is 2.26. The molecule has 1 fully saturated rings. The molecule has 1 unspecified atom stereocenters. The summed E-state index contributed by atoms with van der Waals surface area (Å²) in [6, 6.07) is 18.3. The Balaban J connectivity index is 1.46. The van der Waals surface area contributed by atoms with Crippen molar-refractivity contribution in [3.63, 3.8) is 0 Å². The molecule has 1 aliphatic heterocycles. The molecule has 0 saturated carbocycles. The van der Waals surface area contributed by atoms with Gasteiger partial charge in [0.1, 0.15) is 0 Å². The van der Waals surface area contributed by atoms with Crippen molar-refractivity contribution in [2.75, 3.05) is 17.3 Å². The van der Waals surface area contributed by atoms with E-state index in [0.29, 0.717) is 6.42 Å². The first kappa shape index (κ1) is 20.9. The van der Waals surface area contributed by atoms with E-state index in [1.54, 1.807) is 6.92 Å². The Morgan fingerprint density at radius 3 is 2.63 bits per heavy atom. The summed E-state index contributed by atoms with van der Waals surface area (Å²) in [6.45, 7) is 2.57. The number of sulfone groups is 1. The van der Waals surface area contributed by atoms with E-state index in [1.165, 1.54) is 17.3 Å². The molecule has 1 aromatic heterocycles. The highest BCUT2D eigenvalue weighted by atomic mass is 32.2. The molecule has 8 heteroatoms. The number of hydrogen-bond donors (Lipinski definition) is 1.